The van der Waals surface area contributed by atoms with E-state index in [0.29, 0.717) is 12.0 Å². The van der Waals surface area contributed by atoms with Gasteiger partial charge in [-0.3, -0.25) is 0 Å². The lowest BCUT2D eigenvalue weighted by Crippen LogP contribution is -2.42. The summed E-state index contributed by atoms with van der Waals surface area (Å²) in [6.07, 6.45) is 3.63. The molecule has 2 rings (SSSR count). The summed E-state index contributed by atoms with van der Waals surface area (Å²) in [7, 11) is 0. The van der Waals surface area contributed by atoms with Crippen LogP contribution in [0.2, 0.25) is 0 Å². The van der Waals surface area contributed by atoms with Gasteiger partial charge < -0.3 is 10.1 Å². The monoisotopic (exact) mass is 261 g/mol. The van der Waals surface area contributed by atoms with Crippen molar-refractivity contribution in [1.29, 1.82) is 0 Å². The Labute approximate surface area is 117 Å². The topological polar surface area (TPSA) is 21.3 Å². The summed E-state index contributed by atoms with van der Waals surface area (Å²) in [6, 6.07) is 7.15. The van der Waals surface area contributed by atoms with Crippen molar-refractivity contribution in [3.05, 3.63) is 34.9 Å². The molecule has 106 valence electrons. The lowest BCUT2D eigenvalue weighted by molar-refractivity contribution is 0.0395. The highest BCUT2D eigenvalue weighted by molar-refractivity contribution is 5.34. The van der Waals surface area contributed by atoms with E-state index < -0.39 is 0 Å². The largest absolute Gasteiger partial charge is 0.381 e. The fourth-order valence-electron chi connectivity index (χ4n) is 3.14. The highest BCUT2D eigenvalue weighted by Gasteiger charge is 2.24. The number of nitrogens with one attached hydrogen (secondary N) is 1. The lowest BCUT2D eigenvalue weighted by Gasteiger charge is -2.31. The van der Waals surface area contributed by atoms with Crippen molar-refractivity contribution in [3.63, 3.8) is 0 Å². The standard InChI is InChI=1S/C17H27NO/c1-4-18-17(15-9-6-10-19-12-15)11-16-13(2)7-5-8-14(16)3/h5,7-8,15,17-18H,4,6,9-12H2,1-3H3. The molecule has 1 heterocycles. The SMILES string of the molecule is CCNC(Cc1c(C)cccc1C)C1CCCOC1. The summed E-state index contributed by atoms with van der Waals surface area (Å²) in [5.74, 6) is 0.660. The maximum absolute atomic E-state index is 5.67. The minimum atomic E-state index is 0.546. The quantitative estimate of drug-likeness (QED) is 0.878. The highest BCUT2D eigenvalue weighted by atomic mass is 16.5. The third-order valence-electron chi connectivity index (χ3n) is 4.30. The van der Waals surface area contributed by atoms with Crippen molar-refractivity contribution < 1.29 is 4.74 Å². The molecule has 1 aliphatic heterocycles. The molecule has 1 aromatic rings. The normalized spacial score (nSPS) is 21.3. The van der Waals surface area contributed by atoms with E-state index in [4.69, 9.17) is 4.74 Å². The summed E-state index contributed by atoms with van der Waals surface area (Å²) in [5.41, 5.74) is 4.35. The number of hydrogen-bond donors (Lipinski definition) is 1. The molecule has 19 heavy (non-hydrogen) atoms. The van der Waals surface area contributed by atoms with Crippen molar-refractivity contribution in [2.24, 2.45) is 5.92 Å². The summed E-state index contributed by atoms with van der Waals surface area (Å²) >= 11 is 0. The Hall–Kier alpha value is -0.860. The van der Waals surface area contributed by atoms with Gasteiger partial charge in [0.15, 0.2) is 0 Å². The maximum Gasteiger partial charge on any atom is 0.0509 e. The smallest absolute Gasteiger partial charge is 0.0509 e. The zero-order chi connectivity index (χ0) is 13.7. The Balaban J connectivity index is 2.11. The number of ether oxygens (including phenoxy) is 1. The van der Waals surface area contributed by atoms with Crippen LogP contribution in [0, 0.1) is 19.8 Å². The Morgan fingerprint density at radius 3 is 2.63 bits per heavy atom. The van der Waals surface area contributed by atoms with E-state index in [-0.39, 0.29) is 0 Å². The number of rotatable bonds is 5. The van der Waals surface area contributed by atoms with Gasteiger partial charge in [-0.25, -0.2) is 0 Å². The molecule has 0 aliphatic carbocycles. The first kappa shape index (κ1) is 14.5. The van der Waals surface area contributed by atoms with Crippen LogP contribution in [-0.4, -0.2) is 25.8 Å². The maximum atomic E-state index is 5.67. The predicted octanol–water partition coefficient (Wildman–Crippen LogP) is 3.25. The molecule has 0 aromatic heterocycles. The van der Waals surface area contributed by atoms with Crippen LogP contribution >= 0.6 is 0 Å². The molecule has 2 unspecified atom stereocenters. The second-order valence-electron chi connectivity index (χ2n) is 5.72. The third kappa shape index (κ3) is 3.80. The van der Waals surface area contributed by atoms with Crippen LogP contribution in [0.5, 0.6) is 0 Å². The lowest BCUT2D eigenvalue weighted by atomic mass is 9.86. The minimum absolute atomic E-state index is 0.546. The molecule has 1 fully saturated rings. The molecular weight excluding hydrogens is 234 g/mol. The van der Waals surface area contributed by atoms with Gasteiger partial charge in [0.05, 0.1) is 6.61 Å². The van der Waals surface area contributed by atoms with E-state index in [0.717, 1.165) is 26.2 Å². The molecular formula is C17H27NO. The second kappa shape index (κ2) is 7.06. The van der Waals surface area contributed by atoms with Crippen LogP contribution in [0.3, 0.4) is 0 Å². The molecule has 0 saturated carbocycles. The first-order valence-electron chi connectivity index (χ1n) is 7.58. The first-order valence-corrected chi connectivity index (χ1v) is 7.58. The molecule has 1 aromatic carbocycles. The highest BCUT2D eigenvalue weighted by Crippen LogP contribution is 2.23. The number of benzene rings is 1. The van der Waals surface area contributed by atoms with E-state index in [1.807, 2.05) is 0 Å². The van der Waals surface area contributed by atoms with Gasteiger partial charge in [0.25, 0.3) is 0 Å². The molecule has 1 N–H and O–H groups in total. The van der Waals surface area contributed by atoms with Gasteiger partial charge in [0, 0.05) is 12.6 Å². The molecule has 2 atom stereocenters. The van der Waals surface area contributed by atoms with E-state index in [2.05, 4.69) is 44.3 Å². The molecule has 1 saturated heterocycles. The first-order chi connectivity index (χ1) is 9.22. The van der Waals surface area contributed by atoms with Gasteiger partial charge in [-0.2, -0.15) is 0 Å². The number of aryl methyl sites for hydroxylation is 2. The van der Waals surface area contributed by atoms with Gasteiger partial charge in [-0.05, 0) is 62.3 Å². The predicted molar refractivity (Wildman–Crippen MR) is 80.6 cm³/mol. The average molecular weight is 261 g/mol. The van der Waals surface area contributed by atoms with Crippen molar-refractivity contribution >= 4 is 0 Å². The van der Waals surface area contributed by atoms with Gasteiger partial charge in [0.1, 0.15) is 0 Å². The van der Waals surface area contributed by atoms with Crippen molar-refractivity contribution in [3.8, 4) is 0 Å². The van der Waals surface area contributed by atoms with Gasteiger partial charge in [-0.15, -0.1) is 0 Å². The number of likely N-dealkylation sites (N-methyl/N-ethyl adjacent to an activating group) is 1. The Morgan fingerprint density at radius 1 is 1.32 bits per heavy atom. The fourth-order valence-corrected chi connectivity index (χ4v) is 3.14. The van der Waals surface area contributed by atoms with E-state index >= 15 is 0 Å². The number of hydrogen-bond acceptors (Lipinski definition) is 2. The molecule has 0 radical (unpaired) electrons. The average Bonchev–Trinajstić information content (AvgIpc) is 2.43. The van der Waals surface area contributed by atoms with Crippen LogP contribution in [0.4, 0.5) is 0 Å². The van der Waals surface area contributed by atoms with Crippen LogP contribution in [-0.2, 0) is 11.2 Å². The fraction of sp³-hybridized carbons (Fsp3) is 0.647. The van der Waals surface area contributed by atoms with Crippen LogP contribution in [0.1, 0.15) is 36.5 Å². The summed E-state index contributed by atoms with van der Waals surface area (Å²) < 4.78 is 5.67. The van der Waals surface area contributed by atoms with Crippen LogP contribution < -0.4 is 5.32 Å². The molecule has 2 nitrogen and oxygen atoms in total. The third-order valence-corrected chi connectivity index (χ3v) is 4.30. The van der Waals surface area contributed by atoms with E-state index in [1.165, 1.54) is 29.5 Å². The summed E-state index contributed by atoms with van der Waals surface area (Å²) in [4.78, 5) is 0. The molecule has 1 aliphatic rings. The zero-order valence-electron chi connectivity index (χ0n) is 12.5. The summed E-state index contributed by atoms with van der Waals surface area (Å²) in [5, 5.41) is 3.68. The Bertz CT molecular complexity index is 376. The van der Waals surface area contributed by atoms with E-state index in [1.54, 1.807) is 0 Å². The second-order valence-corrected chi connectivity index (χ2v) is 5.72. The van der Waals surface area contributed by atoms with Crippen molar-refractivity contribution in [2.45, 2.75) is 46.1 Å². The minimum Gasteiger partial charge on any atom is -0.381 e. The van der Waals surface area contributed by atoms with Gasteiger partial charge >= 0.3 is 0 Å². The Kier molecular flexibility index (Phi) is 5.41. The molecule has 2 heteroatoms. The van der Waals surface area contributed by atoms with Crippen LogP contribution in [0.25, 0.3) is 0 Å². The van der Waals surface area contributed by atoms with Crippen molar-refractivity contribution in [2.75, 3.05) is 19.8 Å². The zero-order valence-corrected chi connectivity index (χ0v) is 12.5. The molecule has 0 spiro atoms. The van der Waals surface area contributed by atoms with Crippen molar-refractivity contribution in [1.82, 2.24) is 5.32 Å². The molecule has 0 amide bonds. The Morgan fingerprint density at radius 2 is 2.05 bits per heavy atom. The molecule has 0 bridgehead atoms. The van der Waals surface area contributed by atoms with Gasteiger partial charge in [-0.1, -0.05) is 25.1 Å². The van der Waals surface area contributed by atoms with E-state index in [9.17, 15) is 0 Å². The van der Waals surface area contributed by atoms with Gasteiger partial charge in [0.2, 0.25) is 0 Å². The summed E-state index contributed by atoms with van der Waals surface area (Å²) in [6.45, 7) is 9.54. The van der Waals surface area contributed by atoms with Crippen LogP contribution in [0.15, 0.2) is 18.2 Å².